The maximum absolute atomic E-state index is 10.2. The smallest absolute Gasteiger partial charge is 0.0634 e. The van der Waals surface area contributed by atoms with Crippen LogP contribution in [-0.2, 0) is 0 Å². The van der Waals surface area contributed by atoms with Crippen molar-refractivity contribution in [1.29, 1.82) is 0 Å². The van der Waals surface area contributed by atoms with Crippen LogP contribution < -0.4 is 0 Å². The van der Waals surface area contributed by atoms with Crippen LogP contribution in [0.25, 0.3) is 0 Å². The van der Waals surface area contributed by atoms with Crippen molar-refractivity contribution in [3.63, 3.8) is 0 Å². The molecule has 15 heavy (non-hydrogen) atoms. The van der Waals surface area contributed by atoms with Crippen LogP contribution in [0.2, 0.25) is 0 Å². The van der Waals surface area contributed by atoms with Gasteiger partial charge in [-0.1, -0.05) is 33.6 Å². The van der Waals surface area contributed by atoms with Gasteiger partial charge in [0, 0.05) is 18.3 Å². The molecule has 0 aliphatic heterocycles. The molecule has 1 aromatic rings. The Morgan fingerprint density at radius 1 is 1.20 bits per heavy atom. The van der Waals surface area contributed by atoms with Gasteiger partial charge in [0.2, 0.25) is 0 Å². The summed E-state index contributed by atoms with van der Waals surface area (Å²) in [7, 11) is 0. The van der Waals surface area contributed by atoms with E-state index < -0.39 is 0 Å². The SMILES string of the molecule is CCC(CC)C(O)C(C)c1ccncc1. The van der Waals surface area contributed by atoms with Gasteiger partial charge in [0.15, 0.2) is 0 Å². The Bertz CT molecular complexity index is 269. The van der Waals surface area contributed by atoms with Crippen LogP contribution in [-0.4, -0.2) is 16.2 Å². The first-order valence-electron chi connectivity index (χ1n) is 5.78. The van der Waals surface area contributed by atoms with E-state index in [4.69, 9.17) is 0 Å². The molecule has 1 rings (SSSR count). The Balaban J connectivity index is 2.71. The molecule has 2 unspecified atom stereocenters. The second-order valence-electron chi connectivity index (χ2n) is 4.14. The topological polar surface area (TPSA) is 33.1 Å². The third kappa shape index (κ3) is 3.03. The first-order chi connectivity index (χ1) is 7.20. The molecule has 0 spiro atoms. The molecule has 0 aliphatic rings. The van der Waals surface area contributed by atoms with E-state index in [1.54, 1.807) is 12.4 Å². The number of hydrogen-bond donors (Lipinski definition) is 1. The van der Waals surface area contributed by atoms with Crippen molar-refractivity contribution >= 4 is 0 Å². The fraction of sp³-hybridized carbons (Fsp3) is 0.615. The maximum atomic E-state index is 10.2. The Morgan fingerprint density at radius 2 is 1.73 bits per heavy atom. The first kappa shape index (κ1) is 12.2. The number of aromatic nitrogens is 1. The predicted molar refractivity (Wildman–Crippen MR) is 62.7 cm³/mol. The Morgan fingerprint density at radius 3 is 2.20 bits per heavy atom. The molecule has 2 nitrogen and oxygen atoms in total. The molecular formula is C13H21NO. The van der Waals surface area contributed by atoms with Gasteiger partial charge in [-0.05, 0) is 23.6 Å². The summed E-state index contributed by atoms with van der Waals surface area (Å²) in [5.41, 5.74) is 1.17. The minimum atomic E-state index is -0.248. The van der Waals surface area contributed by atoms with E-state index in [1.807, 2.05) is 12.1 Å². The second kappa shape index (κ2) is 5.86. The van der Waals surface area contributed by atoms with Gasteiger partial charge >= 0.3 is 0 Å². The number of hydrogen-bond acceptors (Lipinski definition) is 2. The summed E-state index contributed by atoms with van der Waals surface area (Å²) in [6.07, 6.45) is 5.39. The summed E-state index contributed by atoms with van der Waals surface area (Å²) in [6.45, 7) is 6.35. The lowest BCUT2D eigenvalue weighted by molar-refractivity contribution is 0.0810. The molecule has 0 amide bonds. The zero-order chi connectivity index (χ0) is 11.3. The normalized spacial score (nSPS) is 15.3. The highest BCUT2D eigenvalue weighted by Crippen LogP contribution is 2.26. The average Bonchev–Trinajstić information content (AvgIpc) is 2.30. The van der Waals surface area contributed by atoms with E-state index in [-0.39, 0.29) is 12.0 Å². The van der Waals surface area contributed by atoms with Crippen LogP contribution >= 0.6 is 0 Å². The summed E-state index contributed by atoms with van der Waals surface area (Å²) in [6, 6.07) is 3.96. The van der Waals surface area contributed by atoms with Crippen molar-refractivity contribution in [3.8, 4) is 0 Å². The number of rotatable bonds is 5. The zero-order valence-corrected chi connectivity index (χ0v) is 9.85. The van der Waals surface area contributed by atoms with E-state index >= 15 is 0 Å². The van der Waals surface area contributed by atoms with Gasteiger partial charge in [-0.25, -0.2) is 0 Å². The molecule has 0 fully saturated rings. The second-order valence-corrected chi connectivity index (χ2v) is 4.14. The number of aliphatic hydroxyl groups excluding tert-OH is 1. The molecule has 0 aromatic carbocycles. The summed E-state index contributed by atoms with van der Waals surface area (Å²) in [4.78, 5) is 3.99. The highest BCUT2D eigenvalue weighted by atomic mass is 16.3. The van der Waals surface area contributed by atoms with Crippen molar-refractivity contribution in [1.82, 2.24) is 4.98 Å². The lowest BCUT2D eigenvalue weighted by Crippen LogP contribution is -2.25. The van der Waals surface area contributed by atoms with Gasteiger partial charge in [-0.3, -0.25) is 4.98 Å². The van der Waals surface area contributed by atoms with Crippen LogP contribution in [0.1, 0.15) is 45.1 Å². The summed E-state index contributed by atoms with van der Waals surface area (Å²) < 4.78 is 0. The van der Waals surface area contributed by atoms with Crippen LogP contribution in [0.15, 0.2) is 24.5 Å². The molecule has 0 saturated heterocycles. The third-order valence-electron chi connectivity index (χ3n) is 3.28. The van der Waals surface area contributed by atoms with E-state index in [0.29, 0.717) is 5.92 Å². The van der Waals surface area contributed by atoms with Gasteiger partial charge < -0.3 is 5.11 Å². The fourth-order valence-corrected chi connectivity index (χ4v) is 2.04. The van der Waals surface area contributed by atoms with Crippen molar-refractivity contribution < 1.29 is 5.11 Å². The summed E-state index contributed by atoms with van der Waals surface area (Å²) >= 11 is 0. The monoisotopic (exact) mass is 207 g/mol. The van der Waals surface area contributed by atoms with Gasteiger partial charge in [0.1, 0.15) is 0 Å². The van der Waals surface area contributed by atoms with Gasteiger partial charge in [0.25, 0.3) is 0 Å². The predicted octanol–water partition coefficient (Wildman–Crippen LogP) is 2.98. The first-order valence-corrected chi connectivity index (χ1v) is 5.78. The van der Waals surface area contributed by atoms with Gasteiger partial charge in [-0.2, -0.15) is 0 Å². The Kier molecular flexibility index (Phi) is 4.76. The standard InChI is InChI=1S/C13H21NO/c1-4-11(5-2)13(15)10(3)12-6-8-14-9-7-12/h6-11,13,15H,4-5H2,1-3H3. The van der Waals surface area contributed by atoms with Crippen molar-refractivity contribution in [2.45, 2.75) is 45.6 Å². The highest BCUT2D eigenvalue weighted by molar-refractivity contribution is 5.16. The lowest BCUT2D eigenvalue weighted by atomic mass is 9.85. The maximum Gasteiger partial charge on any atom is 0.0634 e. The molecule has 0 radical (unpaired) electrons. The van der Waals surface area contributed by atoms with Gasteiger partial charge in [-0.15, -0.1) is 0 Å². The summed E-state index contributed by atoms with van der Waals surface area (Å²) in [5, 5.41) is 10.2. The Labute approximate surface area is 92.4 Å². The molecule has 0 aliphatic carbocycles. The van der Waals surface area contributed by atoms with Crippen LogP contribution in [0.4, 0.5) is 0 Å². The quantitative estimate of drug-likeness (QED) is 0.805. The lowest BCUT2D eigenvalue weighted by Gasteiger charge is -2.26. The van der Waals surface area contributed by atoms with Gasteiger partial charge in [0.05, 0.1) is 6.10 Å². The molecular weight excluding hydrogens is 186 g/mol. The minimum absolute atomic E-state index is 0.192. The average molecular weight is 207 g/mol. The van der Waals surface area contributed by atoms with E-state index in [1.165, 1.54) is 5.56 Å². The minimum Gasteiger partial charge on any atom is -0.392 e. The fourth-order valence-electron chi connectivity index (χ4n) is 2.04. The largest absolute Gasteiger partial charge is 0.392 e. The van der Waals surface area contributed by atoms with Crippen LogP contribution in [0, 0.1) is 5.92 Å². The Hall–Kier alpha value is -0.890. The van der Waals surface area contributed by atoms with Crippen molar-refractivity contribution in [3.05, 3.63) is 30.1 Å². The molecule has 84 valence electrons. The van der Waals surface area contributed by atoms with Crippen molar-refractivity contribution in [2.24, 2.45) is 5.92 Å². The zero-order valence-electron chi connectivity index (χ0n) is 9.85. The van der Waals surface area contributed by atoms with E-state index in [0.717, 1.165) is 12.8 Å². The number of aliphatic hydroxyl groups is 1. The third-order valence-corrected chi connectivity index (χ3v) is 3.28. The highest BCUT2D eigenvalue weighted by Gasteiger charge is 2.22. The van der Waals surface area contributed by atoms with E-state index in [2.05, 4.69) is 25.8 Å². The molecule has 2 heteroatoms. The molecule has 1 heterocycles. The molecule has 1 aromatic heterocycles. The molecule has 0 bridgehead atoms. The molecule has 1 N–H and O–H groups in total. The van der Waals surface area contributed by atoms with Crippen LogP contribution in [0.5, 0.6) is 0 Å². The van der Waals surface area contributed by atoms with Crippen LogP contribution in [0.3, 0.4) is 0 Å². The molecule has 2 atom stereocenters. The molecule has 0 saturated carbocycles. The number of pyridine rings is 1. The van der Waals surface area contributed by atoms with Crippen molar-refractivity contribution in [2.75, 3.05) is 0 Å². The van der Waals surface area contributed by atoms with E-state index in [9.17, 15) is 5.11 Å². The number of nitrogens with zero attached hydrogens (tertiary/aromatic N) is 1. The summed E-state index contributed by atoms with van der Waals surface area (Å²) in [5.74, 6) is 0.589.